The van der Waals surface area contributed by atoms with E-state index in [2.05, 4.69) is 5.32 Å². The first-order valence-electron chi connectivity index (χ1n) is 6.65. The normalized spacial score (nSPS) is 16.1. The van der Waals surface area contributed by atoms with Crippen LogP contribution in [0.4, 0.5) is 4.39 Å². The van der Waals surface area contributed by atoms with Crippen molar-refractivity contribution in [3.63, 3.8) is 0 Å². The molecule has 2 amide bonds. The zero-order chi connectivity index (χ0) is 15.6. The van der Waals surface area contributed by atoms with Crippen LogP contribution in [0.1, 0.15) is 30.1 Å². The van der Waals surface area contributed by atoms with Crippen molar-refractivity contribution in [2.24, 2.45) is 0 Å². The lowest BCUT2D eigenvalue weighted by atomic mass is 10.1. The Kier molecular flexibility index (Phi) is 4.67. The molecule has 1 aliphatic heterocycles. The van der Waals surface area contributed by atoms with Crippen molar-refractivity contribution in [1.29, 1.82) is 0 Å². The Hall–Kier alpha value is -1.82. The van der Waals surface area contributed by atoms with Gasteiger partial charge in [-0.15, -0.1) is 0 Å². The fourth-order valence-electron chi connectivity index (χ4n) is 2.28. The lowest BCUT2D eigenvalue weighted by Crippen LogP contribution is -2.42. The highest BCUT2D eigenvalue weighted by Crippen LogP contribution is 2.27. The Bertz CT molecular complexity index is 556. The number of likely N-dealkylation sites (tertiary alicyclic amines) is 1. The Balaban J connectivity index is 1.99. The first-order chi connectivity index (χ1) is 9.88. The van der Waals surface area contributed by atoms with Gasteiger partial charge in [0, 0.05) is 31.1 Å². The largest absolute Gasteiger partial charge is 0.504 e. The maximum absolute atomic E-state index is 13.3. The highest BCUT2D eigenvalue weighted by atomic mass is 35.5. The molecule has 21 heavy (non-hydrogen) atoms. The van der Waals surface area contributed by atoms with Crippen LogP contribution in [0.2, 0.25) is 5.02 Å². The Morgan fingerprint density at radius 2 is 2.29 bits per heavy atom. The summed E-state index contributed by atoms with van der Waals surface area (Å²) in [5.41, 5.74) is 0.0231. The number of nitrogens with one attached hydrogen (secondary N) is 1. The van der Waals surface area contributed by atoms with Gasteiger partial charge in [0.15, 0.2) is 11.6 Å². The number of nitrogens with zero attached hydrogens (tertiary/aromatic N) is 1. The van der Waals surface area contributed by atoms with E-state index in [1.165, 1.54) is 6.07 Å². The first-order valence-corrected chi connectivity index (χ1v) is 7.03. The predicted molar refractivity (Wildman–Crippen MR) is 75.8 cm³/mol. The molecule has 0 bridgehead atoms. The molecule has 5 nitrogen and oxygen atoms in total. The molecule has 0 unspecified atom stereocenters. The molecule has 1 atom stereocenters. The van der Waals surface area contributed by atoms with E-state index in [4.69, 9.17) is 11.6 Å². The third kappa shape index (κ3) is 3.64. The van der Waals surface area contributed by atoms with E-state index in [0.717, 1.165) is 12.5 Å². The number of hydrogen-bond donors (Lipinski definition) is 2. The molecule has 1 aliphatic rings. The van der Waals surface area contributed by atoms with Crippen molar-refractivity contribution in [1.82, 2.24) is 10.2 Å². The van der Waals surface area contributed by atoms with Crippen LogP contribution in [-0.4, -0.2) is 41.0 Å². The number of hydrogen-bond acceptors (Lipinski definition) is 3. The molecule has 1 fully saturated rings. The number of carbonyl (C=O) groups excluding carboxylic acids is 2. The number of amides is 2. The van der Waals surface area contributed by atoms with Gasteiger partial charge in [0.2, 0.25) is 5.91 Å². The second-order valence-corrected chi connectivity index (χ2v) is 5.51. The zero-order valence-corrected chi connectivity index (χ0v) is 12.3. The average Bonchev–Trinajstić information content (AvgIpc) is 2.80. The summed E-state index contributed by atoms with van der Waals surface area (Å²) in [5.74, 6) is -2.05. The molecule has 1 saturated heterocycles. The average molecular weight is 315 g/mol. The molecule has 114 valence electrons. The molecule has 0 spiro atoms. The standard InChI is InChI=1S/C14H16ClFN2O3/c1-8(7-18-4-2-3-12(18)19)17-14(21)9-5-10(15)13(20)11(16)6-9/h5-6,8,20H,2-4,7H2,1H3,(H,17,21)/t8-/m0/s1. The molecule has 1 aromatic rings. The minimum absolute atomic E-state index is 0.0231. The van der Waals surface area contributed by atoms with Gasteiger partial charge < -0.3 is 15.3 Å². The molecule has 2 rings (SSSR count). The van der Waals surface area contributed by atoms with Gasteiger partial charge in [0.1, 0.15) is 0 Å². The molecule has 2 N–H and O–H groups in total. The van der Waals surface area contributed by atoms with E-state index in [0.29, 0.717) is 19.5 Å². The van der Waals surface area contributed by atoms with Gasteiger partial charge >= 0.3 is 0 Å². The summed E-state index contributed by atoms with van der Waals surface area (Å²) in [7, 11) is 0. The van der Waals surface area contributed by atoms with E-state index in [1.807, 2.05) is 0 Å². The summed E-state index contributed by atoms with van der Waals surface area (Å²) in [6, 6.07) is 1.85. The van der Waals surface area contributed by atoms with Crippen LogP contribution in [0.5, 0.6) is 5.75 Å². The number of phenols is 1. The minimum Gasteiger partial charge on any atom is -0.504 e. The smallest absolute Gasteiger partial charge is 0.251 e. The van der Waals surface area contributed by atoms with Crippen LogP contribution in [0.3, 0.4) is 0 Å². The van der Waals surface area contributed by atoms with Crippen molar-refractivity contribution in [2.75, 3.05) is 13.1 Å². The second kappa shape index (κ2) is 6.30. The molecule has 0 aliphatic carbocycles. The number of halogens is 2. The molecular weight excluding hydrogens is 299 g/mol. The van der Waals surface area contributed by atoms with Crippen LogP contribution in [0, 0.1) is 5.82 Å². The van der Waals surface area contributed by atoms with Crippen LogP contribution in [-0.2, 0) is 4.79 Å². The van der Waals surface area contributed by atoms with Crippen molar-refractivity contribution in [3.8, 4) is 5.75 Å². The Labute approximate surface area is 126 Å². The lowest BCUT2D eigenvalue weighted by molar-refractivity contribution is -0.127. The summed E-state index contributed by atoms with van der Waals surface area (Å²) in [5, 5.41) is 11.7. The molecule has 0 saturated carbocycles. The van der Waals surface area contributed by atoms with Gasteiger partial charge in [0.05, 0.1) is 5.02 Å². The first kappa shape index (κ1) is 15.6. The third-order valence-electron chi connectivity index (χ3n) is 3.32. The number of benzene rings is 1. The van der Waals surface area contributed by atoms with Crippen molar-refractivity contribution < 1.29 is 19.1 Å². The fraction of sp³-hybridized carbons (Fsp3) is 0.429. The Morgan fingerprint density at radius 3 is 2.86 bits per heavy atom. The summed E-state index contributed by atoms with van der Waals surface area (Å²) in [6.45, 7) is 2.87. The second-order valence-electron chi connectivity index (χ2n) is 5.11. The van der Waals surface area contributed by atoms with Crippen molar-refractivity contribution in [3.05, 3.63) is 28.5 Å². The zero-order valence-electron chi connectivity index (χ0n) is 11.5. The van der Waals surface area contributed by atoms with Crippen LogP contribution in [0.15, 0.2) is 12.1 Å². The quantitative estimate of drug-likeness (QED) is 0.892. The highest BCUT2D eigenvalue weighted by molar-refractivity contribution is 6.32. The highest BCUT2D eigenvalue weighted by Gasteiger charge is 2.23. The van der Waals surface area contributed by atoms with E-state index in [-0.39, 0.29) is 22.5 Å². The van der Waals surface area contributed by atoms with Gasteiger partial charge in [-0.2, -0.15) is 0 Å². The van der Waals surface area contributed by atoms with Gasteiger partial charge in [0.25, 0.3) is 5.91 Å². The summed E-state index contributed by atoms with van der Waals surface area (Å²) in [6.07, 6.45) is 1.37. The number of rotatable bonds is 4. The number of carbonyl (C=O) groups is 2. The molecule has 0 radical (unpaired) electrons. The van der Waals surface area contributed by atoms with E-state index in [1.54, 1.807) is 11.8 Å². The van der Waals surface area contributed by atoms with Crippen molar-refractivity contribution >= 4 is 23.4 Å². The predicted octanol–water partition coefficient (Wildman–Crippen LogP) is 1.93. The molecule has 1 aromatic carbocycles. The maximum Gasteiger partial charge on any atom is 0.251 e. The number of phenolic OH excluding ortho intramolecular Hbond substituents is 1. The Morgan fingerprint density at radius 1 is 1.57 bits per heavy atom. The molecule has 0 aromatic heterocycles. The summed E-state index contributed by atoms with van der Waals surface area (Å²) >= 11 is 5.63. The molecule has 1 heterocycles. The summed E-state index contributed by atoms with van der Waals surface area (Å²) < 4.78 is 13.3. The van der Waals surface area contributed by atoms with Gasteiger partial charge in [-0.25, -0.2) is 4.39 Å². The molecule has 7 heteroatoms. The van der Waals surface area contributed by atoms with Crippen LogP contribution < -0.4 is 5.32 Å². The van der Waals surface area contributed by atoms with E-state index >= 15 is 0 Å². The number of aromatic hydroxyl groups is 1. The van der Waals surface area contributed by atoms with E-state index < -0.39 is 17.5 Å². The summed E-state index contributed by atoms with van der Waals surface area (Å²) in [4.78, 5) is 25.2. The van der Waals surface area contributed by atoms with Crippen LogP contribution in [0.25, 0.3) is 0 Å². The minimum atomic E-state index is -0.949. The SMILES string of the molecule is C[C@@H](CN1CCCC1=O)NC(=O)c1cc(F)c(O)c(Cl)c1. The fourth-order valence-corrected chi connectivity index (χ4v) is 2.48. The monoisotopic (exact) mass is 314 g/mol. The van der Waals surface area contributed by atoms with Crippen molar-refractivity contribution in [2.45, 2.75) is 25.8 Å². The molecular formula is C14H16ClFN2O3. The third-order valence-corrected chi connectivity index (χ3v) is 3.61. The van der Waals surface area contributed by atoms with E-state index in [9.17, 15) is 19.1 Å². The maximum atomic E-state index is 13.3. The topological polar surface area (TPSA) is 69.6 Å². The lowest BCUT2D eigenvalue weighted by Gasteiger charge is -2.21. The van der Waals surface area contributed by atoms with Gasteiger partial charge in [-0.3, -0.25) is 9.59 Å². The van der Waals surface area contributed by atoms with Gasteiger partial charge in [-0.1, -0.05) is 11.6 Å². The van der Waals surface area contributed by atoms with Gasteiger partial charge in [-0.05, 0) is 25.5 Å². The van der Waals surface area contributed by atoms with Crippen LogP contribution >= 0.6 is 11.6 Å².